The summed E-state index contributed by atoms with van der Waals surface area (Å²) < 4.78 is 0. The van der Waals surface area contributed by atoms with Crippen molar-refractivity contribution in [2.75, 3.05) is 0 Å². The molecule has 0 bridgehead atoms. The molecule has 0 radical (unpaired) electrons. The van der Waals surface area contributed by atoms with Gasteiger partial charge in [0.1, 0.15) is 0 Å². The summed E-state index contributed by atoms with van der Waals surface area (Å²) in [4.78, 5) is 0. The van der Waals surface area contributed by atoms with Crippen molar-refractivity contribution in [1.29, 1.82) is 0 Å². The van der Waals surface area contributed by atoms with E-state index in [4.69, 9.17) is 0 Å². The summed E-state index contributed by atoms with van der Waals surface area (Å²) in [5, 5.41) is 0. The quantitative estimate of drug-likeness (QED) is 0.204. The molecule has 0 saturated heterocycles. The third-order valence-corrected chi connectivity index (χ3v) is 0. The predicted molar refractivity (Wildman–Crippen MR) is 51.5 cm³/mol. The van der Waals surface area contributed by atoms with Crippen LogP contribution in [0.2, 0.25) is 0 Å². The smallest absolute Gasteiger partial charge is 2.00 e. The van der Waals surface area contributed by atoms with Crippen LogP contribution in [0.5, 0.6) is 0 Å². The van der Waals surface area contributed by atoms with E-state index >= 15 is 0 Å². The molecule has 0 spiro atoms. The van der Waals surface area contributed by atoms with Gasteiger partial charge in [-0.25, -0.2) is 0 Å². The summed E-state index contributed by atoms with van der Waals surface area (Å²) in [6, 6.07) is 0. The molecule has 0 unspecified atom stereocenters. The Morgan fingerprint density at radius 1 is 0.0250 bits per heavy atom. The molecule has 75 nitrogen and oxygen atoms in total. The molecule has 0 aromatic heterocycles. The molecule has 0 amide bonds. The maximum Gasteiger partial charge on any atom is 2.00 e. The van der Waals surface area contributed by atoms with Gasteiger partial charge in [0, 0.05) is 0 Å². The zero-order chi connectivity index (χ0) is 0. The fourth-order valence-corrected chi connectivity index (χ4v) is 0. The second kappa shape index (κ2) is 35300000. The molecule has 0 saturated carbocycles. The van der Waals surface area contributed by atoms with Crippen LogP contribution in [0.1, 0.15) is 0 Å². The summed E-state index contributed by atoms with van der Waals surface area (Å²) in [6.07, 6.45) is 0. The molecule has 0 heterocycles. The summed E-state index contributed by atoms with van der Waals surface area (Å²) >= 11 is 0. The Bertz CT molecular complexity index is 27.0. The molecule has 80 heteroatoms. The zero-order valence-corrected chi connectivity index (χ0v) is 49.0. The van der Waals surface area contributed by atoms with Crippen LogP contribution in [-0.2, 0) is 508 Å². The first kappa shape index (κ1) is 36700000. The van der Waals surface area contributed by atoms with Crippen LogP contribution >= 0.6 is 0 Å². The van der Waals surface area contributed by atoms with Crippen molar-refractivity contribution in [3.05, 3.63) is 0 Å². The zero-order valence-electron chi connectivity index (χ0n) is 34.2. The number of rotatable bonds is 0. The van der Waals surface area contributed by atoms with E-state index in [1.165, 1.54) is 0 Å². The number of hydrogen-bond donors (Lipinski definition) is 0. The Balaban J connectivity index is 0. The summed E-state index contributed by atoms with van der Waals surface area (Å²) in [5.74, 6) is 0. The van der Waals surface area contributed by atoms with E-state index in [0.717, 1.165) is 0 Å². The van der Waals surface area contributed by atoms with E-state index in [2.05, 4.69) is 0 Å². The first-order valence-electron chi connectivity index (χ1n) is 0. The summed E-state index contributed by atoms with van der Waals surface area (Å²) in [6.45, 7) is 0. The molecule has 0 aliphatic rings. The maximum absolute atomic E-state index is 0. The Morgan fingerprint density at radius 3 is 0.0250 bits per heavy atom. The van der Waals surface area contributed by atoms with Crippen molar-refractivity contribution in [2.45, 2.75) is 0 Å². The number of hydrogen-bond acceptors (Lipinski definition) is 0. The average molecular weight is 1530 g/mol. The molecule has 0 aliphatic carbocycles. The van der Waals surface area contributed by atoms with Gasteiger partial charge in [0.15, 0.2) is 0 Å². The van der Waals surface area contributed by atoms with Crippen LogP contribution < -0.4 is 0 Å². The monoisotopic (exact) mass is 1520 g/mol. The molecule has 0 atom stereocenters. The van der Waals surface area contributed by atoms with E-state index in [1.54, 1.807) is 0 Å². The van der Waals surface area contributed by atoms with Gasteiger partial charge in [-0.3, -0.25) is 0 Å². The fourth-order valence-electron chi connectivity index (χ4n) is 0. The van der Waals surface area contributed by atoms with Gasteiger partial charge in [-0.1, -0.05) is 0 Å². The van der Waals surface area contributed by atoms with Crippen molar-refractivity contribution in [3.63, 3.8) is 0 Å². The SMILES string of the molecule is [O-2].[O-2].[O-2].[O-2].[O-2].[O-2].[O-2].[O-2].[O-2].[O-2].[O-2].[O-2].[O-2].[O-2].[O-2].[O-2].[O-2].[O-2].[O-2].[O-2].[O-2].[O-2].[O-2].[O-2].[O-2].[O-2].[O-2].[O-2].[O-2].[O-2].[O-2].[O-2].[O-2].[O-2].[O-2].[O-2].[O-2].[O-2].[O-2].[O-2].[O-2].[O-2].[O-2].[O-2].[O-2].[O-2].[O-2].[O-2].[O-2].[O-2].[O-2].[O-2].[O-2].[O-2].[O-2].[O-2].[O-2].[O-2].[O-2].[O-2].[O-2].[O-2].[O-2].[O-2].[O-2].[O-2].[O-2].[O-2].[O-2].[O-2].[O-2].[O-2].[O-2].[O-2].[O-2].[Zn+2].[Zn+2].[Zn+2].[Zn+2].[Zn+2]. The third kappa shape index (κ3) is 34000000. The largest absolute Gasteiger partial charge is 2.00 e. The topological polar surface area (TPSA) is 2140 Å². The van der Waals surface area contributed by atoms with E-state index in [1.807, 2.05) is 0 Å². The van der Waals surface area contributed by atoms with Crippen molar-refractivity contribution in [2.24, 2.45) is 0 Å². The van der Waals surface area contributed by atoms with Gasteiger partial charge >= 0.3 is 97.4 Å². The fraction of sp³-hybridized carbons (Fsp3) is 0. The Labute approximate surface area is 507 Å². The minimum atomic E-state index is 0. The van der Waals surface area contributed by atoms with Gasteiger partial charge in [0.25, 0.3) is 0 Å². The Hall–Kier alpha value is 0.117. The predicted octanol–water partition coefficient (Wildman–Crippen LogP) is -8.92. The van der Waals surface area contributed by atoms with Crippen molar-refractivity contribution >= 4 is 0 Å². The van der Waals surface area contributed by atoms with Gasteiger partial charge in [0.05, 0.1) is 0 Å². The molecule has 0 fully saturated rings. The second-order valence-corrected chi connectivity index (χ2v) is 0. The average Bonchev–Trinajstić information content (AvgIpc) is 0. The van der Waals surface area contributed by atoms with E-state index in [-0.39, 0.29) is 508 Å². The second-order valence-electron chi connectivity index (χ2n) is 0. The minimum absolute atomic E-state index is 0. The Morgan fingerprint density at radius 2 is 0.0250 bits per heavy atom. The van der Waals surface area contributed by atoms with Crippen LogP contribution in [0.25, 0.3) is 0 Å². The minimum Gasteiger partial charge on any atom is -2.00 e. The van der Waals surface area contributed by atoms with Crippen molar-refractivity contribution < 1.29 is 508 Å². The third-order valence-electron chi connectivity index (χ3n) is 0. The van der Waals surface area contributed by atoms with Crippen LogP contribution in [0.15, 0.2) is 0 Å². The molecule has 0 aliphatic heterocycles. The van der Waals surface area contributed by atoms with Crippen LogP contribution in [0.4, 0.5) is 0 Å². The Kier molecular flexibility index (Phi) is 16200000000000. The van der Waals surface area contributed by atoms with Crippen molar-refractivity contribution in [1.82, 2.24) is 0 Å². The van der Waals surface area contributed by atoms with Gasteiger partial charge in [-0.2, -0.15) is 0 Å². The summed E-state index contributed by atoms with van der Waals surface area (Å²) in [7, 11) is 0. The first-order valence-corrected chi connectivity index (χ1v) is 0. The van der Waals surface area contributed by atoms with Gasteiger partial charge in [-0.05, 0) is 0 Å². The molecular formula is O75Zn5-140. The summed E-state index contributed by atoms with van der Waals surface area (Å²) in [5.41, 5.74) is 0. The molecule has 0 aromatic carbocycles. The first-order chi connectivity index (χ1) is 0. The van der Waals surface area contributed by atoms with E-state index in [0.29, 0.717) is 0 Å². The molecule has 80 heavy (non-hydrogen) atoms. The van der Waals surface area contributed by atoms with E-state index in [9.17, 15) is 0 Å². The van der Waals surface area contributed by atoms with Gasteiger partial charge in [0.2, 0.25) is 0 Å². The molecular weight excluding hydrogens is 1530 g/mol. The van der Waals surface area contributed by atoms with Crippen LogP contribution in [0, 0.1) is 0 Å². The van der Waals surface area contributed by atoms with Crippen molar-refractivity contribution in [3.8, 4) is 0 Å². The van der Waals surface area contributed by atoms with Gasteiger partial charge in [-0.15, -0.1) is 0 Å². The molecule has 600 valence electrons. The molecule has 0 rings (SSSR count). The normalized spacial score (nSPS) is 0. The van der Waals surface area contributed by atoms with Crippen LogP contribution in [0.3, 0.4) is 0 Å². The van der Waals surface area contributed by atoms with E-state index < -0.39 is 0 Å². The molecule has 0 aromatic rings. The molecule has 0 N–H and O–H groups in total. The van der Waals surface area contributed by atoms with Crippen LogP contribution in [-0.4, -0.2) is 0 Å². The standard InChI is InChI=1S/75O.5Zn/q75*-2;5*+2. The maximum atomic E-state index is 0. The van der Waals surface area contributed by atoms with Gasteiger partial charge < -0.3 is 411 Å².